The van der Waals surface area contributed by atoms with Crippen LogP contribution in [-0.2, 0) is 14.3 Å². The topological polar surface area (TPSA) is 248 Å². The van der Waals surface area contributed by atoms with Crippen molar-refractivity contribution in [2.45, 2.75) is 30.5 Å². The Morgan fingerprint density at radius 3 is 2.16 bits per heavy atom. The van der Waals surface area contributed by atoms with Gasteiger partial charge in [-0.25, -0.2) is 4.79 Å². The minimum atomic E-state index is -1.92. The molecule has 0 bridgehead atoms. The van der Waals surface area contributed by atoms with E-state index in [0.717, 1.165) is 24.3 Å². The van der Waals surface area contributed by atoms with Crippen LogP contribution in [0.2, 0.25) is 0 Å². The van der Waals surface area contributed by atoms with Gasteiger partial charge in [0, 0.05) is 23.8 Å². The lowest BCUT2D eigenvalue weighted by Crippen LogP contribution is -2.55. The highest BCUT2D eigenvalue weighted by atomic mass is 16.6. The van der Waals surface area contributed by atoms with Crippen LogP contribution in [0, 0.1) is 0 Å². The highest BCUT2D eigenvalue weighted by molar-refractivity contribution is 5.88. The highest BCUT2D eigenvalue weighted by Gasteiger charge is 2.46. The van der Waals surface area contributed by atoms with Gasteiger partial charge in [0.15, 0.2) is 28.4 Å². The number of phenolic OH excluding ortho intramolecular Hbond substituents is 6. The number of fused-ring (bicyclic) bond motifs is 1. The van der Waals surface area contributed by atoms with E-state index in [9.17, 15) is 55.5 Å². The second-order valence-corrected chi connectivity index (χ2v) is 9.99. The zero-order valence-corrected chi connectivity index (χ0v) is 22.4. The van der Waals surface area contributed by atoms with Gasteiger partial charge in [0.25, 0.3) is 0 Å². The van der Waals surface area contributed by atoms with Gasteiger partial charge in [-0.15, -0.1) is 0 Å². The number of esters is 1. The van der Waals surface area contributed by atoms with Crippen LogP contribution in [0.1, 0.15) is 17.2 Å². The van der Waals surface area contributed by atoms with Crippen molar-refractivity contribution in [3.8, 4) is 45.8 Å². The normalized spacial score (nSPS) is 21.9. The molecule has 5 rings (SSSR count). The number of aromatic hydroxyl groups is 6. The van der Waals surface area contributed by atoms with Gasteiger partial charge in [-0.1, -0.05) is 6.07 Å². The maximum absolute atomic E-state index is 13.0. The van der Waals surface area contributed by atoms with Gasteiger partial charge >= 0.3 is 5.97 Å². The van der Waals surface area contributed by atoms with Gasteiger partial charge in [0.2, 0.25) is 0 Å². The van der Waals surface area contributed by atoms with Gasteiger partial charge in [0.1, 0.15) is 65.4 Å². The first kappa shape index (κ1) is 30.2. The SMILES string of the molecule is O=C(/C=C/c1ccc(O)c(O)c1)OCC1O[C@@H](c2c(O)cc3oc(-c4ccc(O)c(O)c4)cc(=O)c3c2O)C(O)[C@@H](O)[C@@H]1O. The molecule has 5 atom stereocenters. The summed E-state index contributed by atoms with van der Waals surface area (Å²) < 4.78 is 16.4. The first-order valence-corrected chi connectivity index (χ1v) is 13.0. The number of hydrogen-bond donors (Lipinski definition) is 9. The maximum Gasteiger partial charge on any atom is 0.330 e. The number of phenols is 6. The minimum Gasteiger partial charge on any atom is -0.507 e. The molecule has 0 saturated carbocycles. The fourth-order valence-corrected chi connectivity index (χ4v) is 4.75. The number of carbonyl (C=O) groups is 1. The van der Waals surface area contributed by atoms with Crippen LogP contribution in [0.5, 0.6) is 34.5 Å². The van der Waals surface area contributed by atoms with E-state index >= 15 is 0 Å². The lowest BCUT2D eigenvalue weighted by Gasteiger charge is -2.40. The second-order valence-electron chi connectivity index (χ2n) is 9.99. The summed E-state index contributed by atoms with van der Waals surface area (Å²) >= 11 is 0. The van der Waals surface area contributed by atoms with Crippen LogP contribution in [0.3, 0.4) is 0 Å². The van der Waals surface area contributed by atoms with Crippen molar-refractivity contribution in [1.29, 1.82) is 0 Å². The number of aliphatic hydroxyl groups excluding tert-OH is 3. The largest absolute Gasteiger partial charge is 0.507 e. The second kappa shape index (κ2) is 11.8. The van der Waals surface area contributed by atoms with E-state index in [4.69, 9.17) is 13.9 Å². The van der Waals surface area contributed by atoms with Crippen LogP contribution < -0.4 is 5.43 Å². The zero-order chi connectivity index (χ0) is 31.9. The van der Waals surface area contributed by atoms with E-state index in [1.807, 2.05) is 0 Å². The Labute approximate surface area is 246 Å². The monoisotopic (exact) mass is 610 g/mol. The number of rotatable bonds is 6. The molecule has 1 fully saturated rings. The molecule has 230 valence electrons. The maximum atomic E-state index is 13.0. The predicted molar refractivity (Wildman–Crippen MR) is 150 cm³/mol. The van der Waals surface area contributed by atoms with Crippen molar-refractivity contribution in [3.05, 3.63) is 76.0 Å². The van der Waals surface area contributed by atoms with Crippen LogP contribution >= 0.6 is 0 Å². The minimum absolute atomic E-state index is 0.0741. The molecule has 1 aromatic heterocycles. The summed E-state index contributed by atoms with van der Waals surface area (Å²) in [5, 5.41) is 91.3. The number of ether oxygens (including phenoxy) is 2. The number of aliphatic hydroxyl groups is 3. The molecule has 2 unspecified atom stereocenters. The molecule has 1 aliphatic rings. The molecule has 0 spiro atoms. The zero-order valence-electron chi connectivity index (χ0n) is 22.4. The summed E-state index contributed by atoms with van der Waals surface area (Å²) in [5.74, 6) is -4.21. The molecule has 0 radical (unpaired) electrons. The molecule has 9 N–H and O–H groups in total. The third-order valence-corrected chi connectivity index (χ3v) is 7.07. The Kier molecular flexibility index (Phi) is 8.08. The van der Waals surface area contributed by atoms with E-state index in [-0.39, 0.29) is 22.7 Å². The molecule has 2 heterocycles. The molecule has 0 amide bonds. The van der Waals surface area contributed by atoms with Gasteiger partial charge in [-0.3, -0.25) is 4.79 Å². The first-order valence-electron chi connectivity index (χ1n) is 13.0. The molecule has 14 heteroatoms. The average Bonchev–Trinajstić information content (AvgIpc) is 2.98. The number of carbonyl (C=O) groups excluding carboxylic acids is 1. The molecule has 3 aromatic carbocycles. The van der Waals surface area contributed by atoms with E-state index < -0.39 is 88.2 Å². The van der Waals surface area contributed by atoms with E-state index in [1.165, 1.54) is 36.4 Å². The fraction of sp³-hybridized carbons (Fsp3) is 0.200. The molecule has 0 aliphatic carbocycles. The van der Waals surface area contributed by atoms with Crippen LogP contribution in [0.15, 0.2) is 63.8 Å². The fourth-order valence-electron chi connectivity index (χ4n) is 4.75. The lowest BCUT2D eigenvalue weighted by molar-refractivity contribution is -0.234. The van der Waals surface area contributed by atoms with Crippen molar-refractivity contribution in [2.75, 3.05) is 6.61 Å². The van der Waals surface area contributed by atoms with Crippen LogP contribution in [0.25, 0.3) is 28.4 Å². The van der Waals surface area contributed by atoms with E-state index in [0.29, 0.717) is 5.56 Å². The Bertz CT molecular complexity index is 1830. The standard InChI is InChI=1S/C30H26O14/c31-14-4-1-12(7-16(14)33)2-6-23(37)42-11-22-26(38)28(40)29(41)30(44-22)25-19(36)10-21-24(27(25)39)18(35)9-20(43-21)13-3-5-15(32)17(34)8-13/h1-10,22,26,28-34,36,38-41H,11H2/b6-2+/t22?,26-,28+,29?,30+/m1/s1. The third-order valence-electron chi connectivity index (χ3n) is 7.07. The Morgan fingerprint density at radius 2 is 1.48 bits per heavy atom. The summed E-state index contributed by atoms with van der Waals surface area (Å²) in [6.45, 7) is -0.647. The van der Waals surface area contributed by atoms with Crippen molar-refractivity contribution < 1.29 is 64.6 Å². The Hall–Kier alpha value is -5.28. The molecule has 44 heavy (non-hydrogen) atoms. The highest BCUT2D eigenvalue weighted by Crippen LogP contribution is 2.45. The van der Waals surface area contributed by atoms with Gasteiger partial charge < -0.3 is 59.8 Å². The molecular formula is C30H26O14. The van der Waals surface area contributed by atoms with Gasteiger partial charge in [0.05, 0.1) is 5.56 Å². The molecule has 14 nitrogen and oxygen atoms in total. The Balaban J connectivity index is 1.40. The lowest BCUT2D eigenvalue weighted by atomic mass is 9.89. The summed E-state index contributed by atoms with van der Waals surface area (Å²) in [6.07, 6.45) is -6.52. The summed E-state index contributed by atoms with van der Waals surface area (Å²) in [5.41, 5.74) is -1.05. The van der Waals surface area contributed by atoms with E-state index in [1.54, 1.807) is 0 Å². The molecule has 4 aromatic rings. The van der Waals surface area contributed by atoms with Crippen molar-refractivity contribution in [1.82, 2.24) is 0 Å². The average molecular weight is 611 g/mol. The predicted octanol–water partition coefficient (Wildman–Crippen LogP) is 1.47. The summed E-state index contributed by atoms with van der Waals surface area (Å²) in [7, 11) is 0. The molecule has 1 saturated heterocycles. The summed E-state index contributed by atoms with van der Waals surface area (Å²) in [6, 6.07) is 9.42. The van der Waals surface area contributed by atoms with Crippen LogP contribution in [-0.4, -0.2) is 83.0 Å². The van der Waals surface area contributed by atoms with Crippen LogP contribution in [0.4, 0.5) is 0 Å². The Morgan fingerprint density at radius 1 is 0.795 bits per heavy atom. The van der Waals surface area contributed by atoms with E-state index in [2.05, 4.69) is 0 Å². The first-order chi connectivity index (χ1) is 20.8. The quantitative estimate of drug-likeness (QED) is 0.0852. The third kappa shape index (κ3) is 5.69. The van der Waals surface area contributed by atoms with Gasteiger partial charge in [-0.2, -0.15) is 0 Å². The molecule has 1 aliphatic heterocycles. The van der Waals surface area contributed by atoms with Crippen molar-refractivity contribution in [3.63, 3.8) is 0 Å². The van der Waals surface area contributed by atoms with Gasteiger partial charge in [-0.05, 0) is 42.0 Å². The molecular weight excluding hydrogens is 584 g/mol. The summed E-state index contributed by atoms with van der Waals surface area (Å²) in [4.78, 5) is 25.3. The number of hydrogen-bond acceptors (Lipinski definition) is 14. The van der Waals surface area contributed by atoms with Crippen molar-refractivity contribution >= 4 is 23.0 Å². The smallest absolute Gasteiger partial charge is 0.330 e. The number of benzene rings is 3. The van der Waals surface area contributed by atoms with Crippen molar-refractivity contribution in [2.24, 2.45) is 0 Å².